The van der Waals surface area contributed by atoms with E-state index < -0.39 is 65.0 Å². The molecule has 1 aliphatic rings. The number of aliphatic hydroxyl groups is 1. The molecule has 0 bridgehead atoms. The molecule has 3 rings (SSSR count). The molecular formula is C24H29F3N2O4S. The normalized spacial score (nSPS) is 23.9. The molecule has 0 aliphatic heterocycles. The number of benzene rings is 2. The van der Waals surface area contributed by atoms with E-state index in [2.05, 4.69) is 10.0 Å². The summed E-state index contributed by atoms with van der Waals surface area (Å²) < 4.78 is 113. The summed E-state index contributed by atoms with van der Waals surface area (Å²) in [5.74, 6) is -1.44. The van der Waals surface area contributed by atoms with Gasteiger partial charge in [0.15, 0.2) is 0 Å². The second kappa shape index (κ2) is 10.1. The number of hydrogen-bond acceptors (Lipinski definition) is 4. The lowest BCUT2D eigenvalue weighted by Gasteiger charge is -2.34. The van der Waals surface area contributed by atoms with Gasteiger partial charge in [-0.05, 0) is 69.2 Å². The van der Waals surface area contributed by atoms with Crippen molar-refractivity contribution in [1.82, 2.24) is 10.0 Å². The molecule has 10 heteroatoms. The summed E-state index contributed by atoms with van der Waals surface area (Å²) in [4.78, 5) is 12.8. The van der Waals surface area contributed by atoms with Crippen LogP contribution in [0.2, 0.25) is 0 Å². The van der Waals surface area contributed by atoms with E-state index in [0.29, 0.717) is 12.1 Å². The molecule has 1 atom stereocenters. The van der Waals surface area contributed by atoms with Crippen LogP contribution in [0.15, 0.2) is 59.5 Å². The quantitative estimate of drug-likeness (QED) is 0.491. The summed E-state index contributed by atoms with van der Waals surface area (Å²) >= 11 is 0. The van der Waals surface area contributed by atoms with Gasteiger partial charge in [0.1, 0.15) is 0 Å². The van der Waals surface area contributed by atoms with Gasteiger partial charge in [-0.3, -0.25) is 4.79 Å². The highest BCUT2D eigenvalue weighted by Crippen LogP contribution is 2.31. The first-order chi connectivity index (χ1) is 18.3. The molecule has 6 nitrogen and oxygen atoms in total. The number of amides is 1. The van der Waals surface area contributed by atoms with E-state index in [4.69, 9.17) is 8.22 Å². The average molecular weight is 507 g/mol. The molecule has 1 aliphatic carbocycles. The van der Waals surface area contributed by atoms with E-state index in [1.54, 1.807) is 6.07 Å². The SMILES string of the molecule is [2H][13C]([2H])([2H])C(O)([C@@H](NC(=O)[C@H]1CC[C@H](NS(=O)(=O)c2ccc(C(F)(F)F)cc2)CC1)c1ccccc1)[13C]([2H])([2H])[2H]. The number of carbonyl (C=O) groups excluding carboxylic acids is 1. The second-order valence-electron chi connectivity index (χ2n) is 8.31. The van der Waals surface area contributed by atoms with Crippen LogP contribution in [0.5, 0.6) is 0 Å². The maximum absolute atomic E-state index is 13.2. The Labute approximate surface area is 206 Å². The minimum atomic E-state index is -4.61. The zero-order chi connectivity index (χ0) is 30.1. The molecule has 0 spiro atoms. The number of sulfonamides is 1. The second-order valence-corrected chi connectivity index (χ2v) is 10.0. The first-order valence-corrected chi connectivity index (χ1v) is 12.0. The number of alkyl halides is 3. The smallest absolute Gasteiger partial charge is 0.388 e. The van der Waals surface area contributed by atoms with E-state index in [-0.39, 0.29) is 36.1 Å². The highest BCUT2D eigenvalue weighted by molar-refractivity contribution is 7.89. The van der Waals surface area contributed by atoms with Crippen molar-refractivity contribution >= 4 is 15.9 Å². The summed E-state index contributed by atoms with van der Waals surface area (Å²) in [5.41, 5.74) is -4.23. The molecule has 186 valence electrons. The largest absolute Gasteiger partial charge is 0.416 e. The Morgan fingerprint density at radius 1 is 1.03 bits per heavy atom. The number of hydrogen-bond donors (Lipinski definition) is 3. The van der Waals surface area contributed by atoms with Crippen LogP contribution < -0.4 is 10.0 Å². The minimum absolute atomic E-state index is 0.0728. The van der Waals surface area contributed by atoms with Crippen molar-refractivity contribution in [2.75, 3.05) is 0 Å². The lowest BCUT2D eigenvalue weighted by molar-refractivity contribution is -0.137. The first kappa shape index (κ1) is 18.8. The van der Waals surface area contributed by atoms with E-state index in [0.717, 1.165) is 12.1 Å². The standard InChI is InChI=1S/C24H29F3N2O4S/c1-23(2,31)21(16-6-4-3-5-7-16)28-22(30)17-8-12-19(13-9-17)29-34(32,33)20-14-10-18(11-15-20)24(25,26)27/h3-7,10-11,14-15,17,19,21,29,31H,8-9,12-13H2,1-2H3,(H,28,30)/t17-,19-,21-/m0/s1/i1+1D3,2+1D3. The van der Waals surface area contributed by atoms with Crippen molar-refractivity contribution in [2.45, 2.75) is 68.1 Å². The van der Waals surface area contributed by atoms with Gasteiger partial charge in [0.2, 0.25) is 15.9 Å². The predicted molar refractivity (Wildman–Crippen MR) is 121 cm³/mol. The van der Waals surface area contributed by atoms with Crippen molar-refractivity contribution in [1.29, 1.82) is 0 Å². The summed E-state index contributed by atoms with van der Waals surface area (Å²) in [7, 11) is -4.14. The van der Waals surface area contributed by atoms with Gasteiger partial charge >= 0.3 is 6.18 Å². The topological polar surface area (TPSA) is 95.5 Å². The van der Waals surface area contributed by atoms with Crippen LogP contribution in [0, 0.1) is 5.92 Å². The number of rotatable bonds is 7. The Balaban J connectivity index is 1.72. The van der Waals surface area contributed by atoms with Crippen LogP contribution in [0.25, 0.3) is 0 Å². The Hall–Kier alpha value is -2.43. The van der Waals surface area contributed by atoms with Gasteiger partial charge in [-0.15, -0.1) is 0 Å². The average Bonchev–Trinajstić information content (AvgIpc) is 2.85. The number of carbonyl (C=O) groups is 1. The zero-order valence-corrected chi connectivity index (χ0v) is 18.8. The molecule has 1 amide bonds. The minimum Gasteiger partial charge on any atom is -0.388 e. The first-order valence-electron chi connectivity index (χ1n) is 13.5. The van der Waals surface area contributed by atoms with Gasteiger partial charge in [0.05, 0.1) is 22.1 Å². The summed E-state index contributed by atoms with van der Waals surface area (Å²) in [6.45, 7) is -6.81. The van der Waals surface area contributed by atoms with Crippen LogP contribution in [-0.2, 0) is 21.0 Å². The van der Waals surface area contributed by atoms with Gasteiger partial charge < -0.3 is 10.4 Å². The zero-order valence-electron chi connectivity index (χ0n) is 24.0. The Kier molecular flexibility index (Phi) is 5.57. The molecule has 34 heavy (non-hydrogen) atoms. The van der Waals surface area contributed by atoms with Gasteiger partial charge in [-0.2, -0.15) is 13.2 Å². The molecule has 2 aromatic carbocycles. The maximum Gasteiger partial charge on any atom is 0.416 e. The number of halogens is 3. The molecule has 0 heterocycles. The lowest BCUT2D eigenvalue weighted by atomic mass is 9.85. The van der Waals surface area contributed by atoms with Crippen molar-refractivity contribution in [3.63, 3.8) is 0 Å². The summed E-state index contributed by atoms with van der Waals surface area (Å²) in [5, 5.41) is 13.5. The van der Waals surface area contributed by atoms with Crippen LogP contribution in [0.4, 0.5) is 13.2 Å². The molecular weight excluding hydrogens is 471 g/mol. The summed E-state index contributed by atoms with van der Waals surface area (Å²) in [6, 6.07) is 7.98. The lowest BCUT2D eigenvalue weighted by Crippen LogP contribution is -2.46. The van der Waals surface area contributed by atoms with E-state index >= 15 is 0 Å². The van der Waals surface area contributed by atoms with Gasteiger partial charge in [0.25, 0.3) is 0 Å². The van der Waals surface area contributed by atoms with Crippen LogP contribution in [-0.4, -0.2) is 31.1 Å². The van der Waals surface area contributed by atoms with Crippen LogP contribution in [0.1, 0.15) is 64.8 Å². The van der Waals surface area contributed by atoms with Gasteiger partial charge in [-0.25, -0.2) is 13.1 Å². The van der Waals surface area contributed by atoms with E-state index in [1.165, 1.54) is 24.3 Å². The van der Waals surface area contributed by atoms with Crippen molar-refractivity contribution in [3.05, 3.63) is 65.7 Å². The highest BCUT2D eigenvalue weighted by Gasteiger charge is 2.35. The summed E-state index contributed by atoms with van der Waals surface area (Å²) in [6.07, 6.45) is -3.97. The highest BCUT2D eigenvalue weighted by atomic mass is 32.2. The molecule has 1 fully saturated rings. The molecule has 2 aromatic rings. The monoisotopic (exact) mass is 506 g/mol. The fraction of sp³-hybridized carbons (Fsp3) is 0.458. The molecule has 0 aromatic heterocycles. The third-order valence-corrected chi connectivity index (χ3v) is 7.29. The molecule has 3 N–H and O–H groups in total. The Morgan fingerprint density at radius 3 is 2.15 bits per heavy atom. The third kappa shape index (κ3) is 6.58. The fourth-order valence-electron chi connectivity index (χ4n) is 3.92. The maximum atomic E-state index is 13.2. The fourth-order valence-corrected chi connectivity index (χ4v) is 5.22. The Morgan fingerprint density at radius 2 is 1.62 bits per heavy atom. The van der Waals surface area contributed by atoms with Crippen LogP contribution >= 0.6 is 0 Å². The predicted octanol–water partition coefficient (Wildman–Crippen LogP) is 4.17. The molecule has 1 saturated carbocycles. The molecule has 0 unspecified atom stereocenters. The van der Waals surface area contributed by atoms with Gasteiger partial charge in [-0.1, -0.05) is 30.3 Å². The number of nitrogens with one attached hydrogen (secondary N) is 2. The van der Waals surface area contributed by atoms with Crippen molar-refractivity contribution in [2.24, 2.45) is 5.92 Å². The molecule has 0 saturated heterocycles. The Bertz CT molecular complexity index is 1260. The van der Waals surface area contributed by atoms with Gasteiger partial charge in [0, 0.05) is 20.2 Å². The third-order valence-electron chi connectivity index (χ3n) is 5.75. The van der Waals surface area contributed by atoms with Crippen molar-refractivity contribution in [3.8, 4) is 0 Å². The van der Waals surface area contributed by atoms with Crippen LogP contribution in [0.3, 0.4) is 0 Å². The van der Waals surface area contributed by atoms with Crippen molar-refractivity contribution < 1.29 is 39.7 Å². The van der Waals surface area contributed by atoms with E-state index in [1.807, 2.05) is 0 Å². The molecule has 0 radical (unpaired) electrons. The van der Waals surface area contributed by atoms with E-state index in [9.17, 15) is 31.5 Å².